The van der Waals surface area contributed by atoms with Gasteiger partial charge in [-0.1, -0.05) is 0 Å². The minimum Gasteiger partial charge on any atom is -0.350 e. The zero-order valence-corrected chi connectivity index (χ0v) is 11.1. The number of pyridine rings is 1. The summed E-state index contributed by atoms with van der Waals surface area (Å²) in [7, 11) is 1.64. The molecular weight excluding hydrogens is 254 g/mol. The fourth-order valence-electron chi connectivity index (χ4n) is 2.01. The second-order valence-electron chi connectivity index (χ2n) is 4.34. The highest BCUT2D eigenvalue weighted by Crippen LogP contribution is 2.03. The first kappa shape index (κ1) is 14.7. The van der Waals surface area contributed by atoms with Crippen molar-refractivity contribution in [3.8, 4) is 0 Å². The van der Waals surface area contributed by atoms with Gasteiger partial charge in [-0.15, -0.1) is 12.4 Å². The Morgan fingerprint density at radius 1 is 1.61 bits per heavy atom. The average molecular weight is 272 g/mol. The summed E-state index contributed by atoms with van der Waals surface area (Å²) in [4.78, 5) is 23.5. The predicted molar refractivity (Wildman–Crippen MR) is 72.3 cm³/mol. The summed E-state index contributed by atoms with van der Waals surface area (Å²) >= 11 is 0. The third-order valence-corrected chi connectivity index (χ3v) is 3.04. The van der Waals surface area contributed by atoms with Crippen LogP contribution in [0.4, 0.5) is 0 Å². The van der Waals surface area contributed by atoms with Gasteiger partial charge in [-0.05, 0) is 31.5 Å². The zero-order valence-electron chi connectivity index (χ0n) is 10.3. The van der Waals surface area contributed by atoms with Crippen molar-refractivity contribution < 1.29 is 4.79 Å². The van der Waals surface area contributed by atoms with E-state index >= 15 is 0 Å². The van der Waals surface area contributed by atoms with E-state index in [9.17, 15) is 9.59 Å². The fourth-order valence-corrected chi connectivity index (χ4v) is 2.01. The zero-order chi connectivity index (χ0) is 12.3. The van der Waals surface area contributed by atoms with Crippen LogP contribution in [0.15, 0.2) is 23.1 Å². The van der Waals surface area contributed by atoms with Crippen LogP contribution >= 0.6 is 12.4 Å². The van der Waals surface area contributed by atoms with Crippen molar-refractivity contribution in [2.24, 2.45) is 7.05 Å². The minimum absolute atomic E-state index is 0. The van der Waals surface area contributed by atoms with Crippen LogP contribution in [0.25, 0.3) is 0 Å². The van der Waals surface area contributed by atoms with Crippen molar-refractivity contribution in [2.45, 2.75) is 18.9 Å². The van der Waals surface area contributed by atoms with Gasteiger partial charge in [-0.25, -0.2) is 0 Å². The summed E-state index contributed by atoms with van der Waals surface area (Å²) in [5, 5.41) is 6.09. The molecule has 5 nitrogen and oxygen atoms in total. The number of carbonyl (C=O) groups is 1. The topological polar surface area (TPSA) is 63.1 Å². The molecule has 1 aromatic heterocycles. The molecule has 100 valence electrons. The molecule has 1 unspecified atom stereocenters. The first-order valence-corrected chi connectivity index (χ1v) is 5.85. The quantitative estimate of drug-likeness (QED) is 0.831. The molecule has 0 aliphatic carbocycles. The summed E-state index contributed by atoms with van der Waals surface area (Å²) < 4.78 is 1.41. The maximum Gasteiger partial charge on any atom is 0.263 e. The Labute approximate surface area is 112 Å². The Bertz CT molecular complexity index is 467. The smallest absolute Gasteiger partial charge is 0.263 e. The van der Waals surface area contributed by atoms with E-state index in [1.807, 2.05) is 0 Å². The van der Waals surface area contributed by atoms with E-state index in [0.29, 0.717) is 12.6 Å². The van der Waals surface area contributed by atoms with Gasteiger partial charge in [-0.2, -0.15) is 0 Å². The van der Waals surface area contributed by atoms with Gasteiger partial charge in [0.15, 0.2) is 0 Å². The summed E-state index contributed by atoms with van der Waals surface area (Å²) in [6.45, 7) is 1.59. The van der Waals surface area contributed by atoms with Gasteiger partial charge in [0.05, 0.1) is 0 Å². The molecule has 1 aromatic rings. The van der Waals surface area contributed by atoms with E-state index in [-0.39, 0.29) is 29.4 Å². The minimum atomic E-state index is -0.292. The van der Waals surface area contributed by atoms with Crippen LogP contribution in [0.2, 0.25) is 0 Å². The van der Waals surface area contributed by atoms with Gasteiger partial charge < -0.3 is 15.2 Å². The molecule has 0 saturated carbocycles. The van der Waals surface area contributed by atoms with Crippen molar-refractivity contribution in [1.29, 1.82) is 0 Å². The second-order valence-corrected chi connectivity index (χ2v) is 4.34. The van der Waals surface area contributed by atoms with Gasteiger partial charge in [0.1, 0.15) is 5.56 Å². The molecule has 1 fully saturated rings. The lowest BCUT2D eigenvalue weighted by molar-refractivity contribution is 0.0948. The molecule has 18 heavy (non-hydrogen) atoms. The molecule has 2 rings (SSSR count). The highest BCUT2D eigenvalue weighted by Gasteiger charge is 2.16. The van der Waals surface area contributed by atoms with Crippen LogP contribution < -0.4 is 16.2 Å². The molecule has 1 atom stereocenters. The van der Waals surface area contributed by atoms with E-state index in [4.69, 9.17) is 0 Å². The number of amides is 1. The van der Waals surface area contributed by atoms with Gasteiger partial charge in [0, 0.05) is 25.8 Å². The molecule has 0 bridgehead atoms. The monoisotopic (exact) mass is 271 g/mol. The standard InChI is InChI=1S/C12H17N3O2.ClH/c1-15-7-3-5-10(12(15)17)11(16)14-8-9-4-2-6-13-9;/h3,5,7,9,13H,2,4,6,8H2,1H3,(H,14,16);1H. The summed E-state index contributed by atoms with van der Waals surface area (Å²) in [6.07, 6.45) is 3.86. The van der Waals surface area contributed by atoms with Crippen LogP contribution in [0, 0.1) is 0 Å². The number of aryl methyl sites for hydroxylation is 1. The average Bonchev–Trinajstić information content (AvgIpc) is 2.82. The third-order valence-electron chi connectivity index (χ3n) is 3.04. The number of nitrogens with one attached hydrogen (secondary N) is 2. The number of halogens is 1. The van der Waals surface area contributed by atoms with E-state index in [1.165, 1.54) is 4.57 Å². The molecule has 2 heterocycles. The van der Waals surface area contributed by atoms with Crippen LogP contribution in [0.1, 0.15) is 23.2 Å². The summed E-state index contributed by atoms with van der Waals surface area (Å²) in [5.41, 5.74) is -0.0580. The van der Waals surface area contributed by atoms with Crippen molar-refractivity contribution in [3.05, 3.63) is 34.2 Å². The number of hydrogen-bond donors (Lipinski definition) is 2. The molecule has 2 N–H and O–H groups in total. The molecular formula is C12H18ClN3O2. The van der Waals surface area contributed by atoms with Crippen molar-refractivity contribution in [2.75, 3.05) is 13.1 Å². The largest absolute Gasteiger partial charge is 0.350 e. The Morgan fingerprint density at radius 2 is 2.39 bits per heavy atom. The Kier molecular flexibility index (Phi) is 5.37. The lowest BCUT2D eigenvalue weighted by Crippen LogP contribution is -2.39. The van der Waals surface area contributed by atoms with Crippen LogP contribution in [0.3, 0.4) is 0 Å². The number of carbonyl (C=O) groups excluding carboxylic acids is 1. The normalized spacial score (nSPS) is 18.2. The molecule has 1 saturated heterocycles. The summed E-state index contributed by atoms with van der Waals surface area (Å²) in [5.74, 6) is -0.292. The fraction of sp³-hybridized carbons (Fsp3) is 0.500. The SMILES string of the molecule is Cl.Cn1cccc(C(=O)NCC2CCCN2)c1=O. The molecule has 0 radical (unpaired) electrons. The lowest BCUT2D eigenvalue weighted by atomic mass is 10.2. The Hall–Kier alpha value is -1.33. The van der Waals surface area contributed by atoms with Crippen molar-refractivity contribution in [1.82, 2.24) is 15.2 Å². The maximum atomic E-state index is 11.8. The highest BCUT2D eigenvalue weighted by atomic mass is 35.5. The maximum absolute atomic E-state index is 11.8. The molecule has 0 spiro atoms. The van der Waals surface area contributed by atoms with E-state index < -0.39 is 0 Å². The number of aromatic nitrogens is 1. The molecule has 1 aliphatic heterocycles. The van der Waals surface area contributed by atoms with Gasteiger partial charge >= 0.3 is 0 Å². The number of rotatable bonds is 3. The number of nitrogens with zero attached hydrogens (tertiary/aromatic N) is 1. The summed E-state index contributed by atoms with van der Waals surface area (Å²) in [6, 6.07) is 3.59. The Morgan fingerprint density at radius 3 is 3.06 bits per heavy atom. The van der Waals surface area contributed by atoms with Crippen LogP contribution in [-0.2, 0) is 7.05 Å². The van der Waals surface area contributed by atoms with Gasteiger partial charge in [0.25, 0.3) is 11.5 Å². The predicted octanol–water partition coefficient (Wildman–Crippen LogP) is 0.289. The first-order chi connectivity index (χ1) is 8.18. The Balaban J connectivity index is 0.00000162. The molecule has 0 aromatic carbocycles. The van der Waals surface area contributed by atoms with Crippen LogP contribution in [0.5, 0.6) is 0 Å². The highest BCUT2D eigenvalue weighted by molar-refractivity contribution is 5.93. The van der Waals surface area contributed by atoms with E-state index in [0.717, 1.165) is 19.4 Å². The third kappa shape index (κ3) is 3.34. The van der Waals surface area contributed by atoms with Gasteiger partial charge in [0.2, 0.25) is 0 Å². The number of hydrogen-bond acceptors (Lipinski definition) is 3. The van der Waals surface area contributed by atoms with E-state index in [2.05, 4.69) is 10.6 Å². The van der Waals surface area contributed by atoms with E-state index in [1.54, 1.807) is 25.4 Å². The second kappa shape index (κ2) is 6.56. The molecule has 1 amide bonds. The van der Waals surface area contributed by atoms with Gasteiger partial charge in [-0.3, -0.25) is 9.59 Å². The molecule has 6 heteroatoms. The van der Waals surface area contributed by atoms with Crippen molar-refractivity contribution in [3.63, 3.8) is 0 Å². The first-order valence-electron chi connectivity index (χ1n) is 5.85. The van der Waals surface area contributed by atoms with Crippen LogP contribution in [-0.4, -0.2) is 29.6 Å². The molecule has 1 aliphatic rings. The van der Waals surface area contributed by atoms with Crippen molar-refractivity contribution >= 4 is 18.3 Å². The lowest BCUT2D eigenvalue weighted by Gasteiger charge is -2.11.